The van der Waals surface area contributed by atoms with E-state index in [0.29, 0.717) is 25.3 Å². The highest BCUT2D eigenvalue weighted by Crippen LogP contribution is 2.21. The van der Waals surface area contributed by atoms with Gasteiger partial charge in [-0.1, -0.05) is 0 Å². The van der Waals surface area contributed by atoms with Crippen molar-refractivity contribution >= 4 is 22.4 Å². The maximum Gasteiger partial charge on any atom is 0.260 e. The second kappa shape index (κ2) is 5.56. The van der Waals surface area contributed by atoms with E-state index in [1.54, 1.807) is 13.0 Å². The quantitative estimate of drug-likeness (QED) is 0.872. The Bertz CT molecular complexity index is 514. The van der Waals surface area contributed by atoms with Crippen LogP contribution in [0, 0.1) is 6.92 Å². The molecular weight excluding hydrogens is 276 g/mol. The van der Waals surface area contributed by atoms with Crippen LogP contribution in [-0.4, -0.2) is 41.6 Å². The SMILES string of the molecule is CCn1nc(C)cc1S(=O)(=O)N1CCC(N)C1.Cl. The van der Waals surface area contributed by atoms with Gasteiger partial charge in [-0.15, -0.1) is 12.4 Å². The average Bonchev–Trinajstić information content (AvgIpc) is 2.84. The van der Waals surface area contributed by atoms with E-state index >= 15 is 0 Å². The average molecular weight is 295 g/mol. The van der Waals surface area contributed by atoms with E-state index in [2.05, 4.69) is 5.10 Å². The number of aromatic nitrogens is 2. The van der Waals surface area contributed by atoms with Gasteiger partial charge in [-0.2, -0.15) is 9.40 Å². The summed E-state index contributed by atoms with van der Waals surface area (Å²) in [5.74, 6) is 0. The molecular formula is C10H19ClN4O2S. The molecule has 0 radical (unpaired) electrons. The highest BCUT2D eigenvalue weighted by Gasteiger charge is 2.33. The fourth-order valence-electron chi connectivity index (χ4n) is 2.06. The molecule has 1 fully saturated rings. The topological polar surface area (TPSA) is 81.2 Å². The Hall–Kier alpha value is -0.630. The van der Waals surface area contributed by atoms with E-state index in [1.807, 2.05) is 6.92 Å². The van der Waals surface area contributed by atoms with Gasteiger partial charge in [0.25, 0.3) is 10.0 Å². The lowest BCUT2D eigenvalue weighted by Crippen LogP contribution is -2.33. The van der Waals surface area contributed by atoms with Crippen molar-refractivity contribution in [1.82, 2.24) is 14.1 Å². The molecule has 0 amide bonds. The van der Waals surface area contributed by atoms with Crippen LogP contribution in [-0.2, 0) is 16.6 Å². The van der Waals surface area contributed by atoms with Gasteiger partial charge in [-0.3, -0.25) is 4.68 Å². The number of nitrogens with zero attached hydrogens (tertiary/aromatic N) is 3. The second-order valence-electron chi connectivity index (χ2n) is 4.35. The molecule has 1 aromatic rings. The normalized spacial score (nSPS) is 20.9. The molecule has 1 aliphatic heterocycles. The number of sulfonamides is 1. The van der Waals surface area contributed by atoms with Crippen LogP contribution in [0.4, 0.5) is 0 Å². The first-order valence-corrected chi connectivity index (χ1v) is 7.19. The van der Waals surface area contributed by atoms with Gasteiger partial charge in [-0.05, 0) is 26.3 Å². The first-order valence-electron chi connectivity index (χ1n) is 5.75. The molecule has 0 bridgehead atoms. The predicted octanol–water partition coefficient (Wildman–Crippen LogP) is 0.355. The molecule has 6 nitrogen and oxygen atoms in total. The summed E-state index contributed by atoms with van der Waals surface area (Å²) in [6.07, 6.45) is 0.721. The third-order valence-corrected chi connectivity index (χ3v) is 4.83. The smallest absolute Gasteiger partial charge is 0.260 e. The number of halogens is 1. The summed E-state index contributed by atoms with van der Waals surface area (Å²) in [6.45, 7) is 5.11. The highest BCUT2D eigenvalue weighted by atomic mass is 35.5. The third kappa shape index (κ3) is 2.69. The summed E-state index contributed by atoms with van der Waals surface area (Å²) in [5, 5.41) is 4.44. The molecule has 0 saturated carbocycles. The van der Waals surface area contributed by atoms with Gasteiger partial charge in [0.2, 0.25) is 0 Å². The molecule has 104 valence electrons. The van der Waals surface area contributed by atoms with Crippen molar-refractivity contribution in [3.05, 3.63) is 11.8 Å². The van der Waals surface area contributed by atoms with E-state index in [-0.39, 0.29) is 23.5 Å². The zero-order valence-corrected chi connectivity index (χ0v) is 12.2. The Morgan fingerprint density at radius 1 is 1.56 bits per heavy atom. The summed E-state index contributed by atoms with van der Waals surface area (Å²) >= 11 is 0. The summed E-state index contributed by atoms with van der Waals surface area (Å²) in [7, 11) is -3.44. The minimum Gasteiger partial charge on any atom is -0.326 e. The van der Waals surface area contributed by atoms with Crippen molar-refractivity contribution in [3.8, 4) is 0 Å². The molecule has 2 N–H and O–H groups in total. The second-order valence-corrected chi connectivity index (χ2v) is 6.24. The van der Waals surface area contributed by atoms with Crippen molar-refractivity contribution in [2.75, 3.05) is 13.1 Å². The molecule has 1 unspecified atom stereocenters. The predicted molar refractivity (Wildman–Crippen MR) is 71.2 cm³/mol. The zero-order chi connectivity index (χ0) is 12.6. The highest BCUT2D eigenvalue weighted by molar-refractivity contribution is 7.89. The first kappa shape index (κ1) is 15.4. The largest absolute Gasteiger partial charge is 0.326 e. The van der Waals surface area contributed by atoms with Crippen LogP contribution in [0.3, 0.4) is 0 Å². The van der Waals surface area contributed by atoms with Crippen molar-refractivity contribution < 1.29 is 8.42 Å². The van der Waals surface area contributed by atoms with Gasteiger partial charge < -0.3 is 5.73 Å². The number of hydrogen-bond donors (Lipinski definition) is 1. The molecule has 0 aliphatic carbocycles. The Kier molecular flexibility index (Phi) is 4.77. The molecule has 2 heterocycles. The lowest BCUT2D eigenvalue weighted by molar-refractivity contribution is 0.457. The number of nitrogens with two attached hydrogens (primary N) is 1. The van der Waals surface area contributed by atoms with Gasteiger partial charge in [0.05, 0.1) is 5.69 Å². The van der Waals surface area contributed by atoms with E-state index < -0.39 is 10.0 Å². The Morgan fingerprint density at radius 3 is 2.72 bits per heavy atom. The summed E-state index contributed by atoms with van der Waals surface area (Å²) in [6, 6.07) is 1.56. The van der Waals surface area contributed by atoms with Crippen LogP contribution in [0.15, 0.2) is 11.1 Å². The van der Waals surface area contributed by atoms with E-state index in [9.17, 15) is 8.42 Å². The summed E-state index contributed by atoms with van der Waals surface area (Å²) < 4.78 is 27.7. The van der Waals surface area contributed by atoms with Gasteiger partial charge in [0.15, 0.2) is 5.03 Å². The number of rotatable bonds is 3. The van der Waals surface area contributed by atoms with Crippen LogP contribution in [0.25, 0.3) is 0 Å². The van der Waals surface area contributed by atoms with Crippen molar-refractivity contribution in [3.63, 3.8) is 0 Å². The van der Waals surface area contributed by atoms with Crippen LogP contribution in [0.5, 0.6) is 0 Å². The van der Waals surface area contributed by atoms with Gasteiger partial charge in [-0.25, -0.2) is 8.42 Å². The maximum absolute atomic E-state index is 12.4. The molecule has 2 rings (SSSR count). The molecule has 1 aliphatic rings. The fourth-order valence-corrected chi connectivity index (χ4v) is 3.81. The molecule has 0 spiro atoms. The fraction of sp³-hybridized carbons (Fsp3) is 0.700. The lowest BCUT2D eigenvalue weighted by Gasteiger charge is -2.16. The molecule has 18 heavy (non-hydrogen) atoms. The maximum atomic E-state index is 12.4. The van der Waals surface area contributed by atoms with E-state index in [4.69, 9.17) is 5.73 Å². The standard InChI is InChI=1S/C10H18N4O2S.ClH/c1-3-14-10(6-8(2)12-14)17(15,16)13-5-4-9(11)7-13;/h6,9H,3-5,7,11H2,1-2H3;1H. The van der Waals surface area contributed by atoms with Crippen LogP contribution in [0.2, 0.25) is 0 Å². The summed E-state index contributed by atoms with van der Waals surface area (Å²) in [4.78, 5) is 0. The monoisotopic (exact) mass is 294 g/mol. The molecule has 1 saturated heterocycles. The summed E-state index contributed by atoms with van der Waals surface area (Å²) in [5.41, 5.74) is 6.46. The van der Waals surface area contributed by atoms with Crippen LogP contribution < -0.4 is 5.73 Å². The molecule has 8 heteroatoms. The van der Waals surface area contributed by atoms with Gasteiger partial charge in [0.1, 0.15) is 0 Å². The third-order valence-electron chi connectivity index (χ3n) is 2.96. The Balaban J connectivity index is 0.00000162. The number of hydrogen-bond acceptors (Lipinski definition) is 4. The minimum absolute atomic E-state index is 0. The Morgan fingerprint density at radius 2 is 2.22 bits per heavy atom. The van der Waals surface area contributed by atoms with Gasteiger partial charge in [0, 0.05) is 25.7 Å². The number of aryl methyl sites for hydroxylation is 2. The molecule has 1 aromatic heterocycles. The molecule has 0 aromatic carbocycles. The zero-order valence-electron chi connectivity index (χ0n) is 10.5. The van der Waals surface area contributed by atoms with Crippen molar-refractivity contribution in [1.29, 1.82) is 0 Å². The van der Waals surface area contributed by atoms with E-state index in [0.717, 1.165) is 6.42 Å². The molecule has 1 atom stereocenters. The van der Waals surface area contributed by atoms with Gasteiger partial charge >= 0.3 is 0 Å². The Labute approximate surface area is 114 Å². The van der Waals surface area contributed by atoms with Crippen LogP contribution >= 0.6 is 12.4 Å². The van der Waals surface area contributed by atoms with E-state index in [1.165, 1.54) is 8.99 Å². The van der Waals surface area contributed by atoms with Crippen molar-refractivity contribution in [2.45, 2.75) is 37.9 Å². The first-order chi connectivity index (χ1) is 7.95. The lowest BCUT2D eigenvalue weighted by atomic mass is 10.3. The van der Waals surface area contributed by atoms with Crippen LogP contribution in [0.1, 0.15) is 19.0 Å². The van der Waals surface area contributed by atoms with Crippen molar-refractivity contribution in [2.24, 2.45) is 5.73 Å². The minimum atomic E-state index is -3.44.